The number of aromatic nitrogens is 2. The predicted molar refractivity (Wildman–Crippen MR) is 162 cm³/mol. The van der Waals surface area contributed by atoms with Crippen molar-refractivity contribution in [2.75, 3.05) is 13.6 Å². The lowest BCUT2D eigenvalue weighted by atomic mass is 9.80. The van der Waals surface area contributed by atoms with Crippen molar-refractivity contribution in [3.8, 4) is 0 Å². The van der Waals surface area contributed by atoms with Crippen LogP contribution < -0.4 is 21.3 Å². The van der Waals surface area contributed by atoms with Gasteiger partial charge in [-0.2, -0.15) is 0 Å². The van der Waals surface area contributed by atoms with Gasteiger partial charge in [0.2, 0.25) is 23.5 Å². The second kappa shape index (κ2) is 14.9. The van der Waals surface area contributed by atoms with Gasteiger partial charge in [0.05, 0.1) is 12.2 Å². The second-order valence-electron chi connectivity index (χ2n) is 13.1. The van der Waals surface area contributed by atoms with Crippen molar-refractivity contribution in [2.24, 2.45) is 17.8 Å². The highest BCUT2D eigenvalue weighted by molar-refractivity contribution is 6.38. The van der Waals surface area contributed by atoms with Gasteiger partial charge in [0.15, 0.2) is 0 Å². The first-order chi connectivity index (χ1) is 21.7. The van der Waals surface area contributed by atoms with Crippen LogP contribution >= 0.6 is 0 Å². The number of hydrogen-bond acceptors (Lipinski definition) is 8. The number of hydrogen-bond donors (Lipinski definition) is 4. The molecule has 4 fully saturated rings. The van der Waals surface area contributed by atoms with E-state index in [0.29, 0.717) is 19.4 Å². The molecule has 3 saturated carbocycles. The van der Waals surface area contributed by atoms with E-state index in [2.05, 4.69) is 31.2 Å². The third kappa shape index (κ3) is 8.43. The molecule has 2 heterocycles. The first kappa shape index (κ1) is 32.5. The topological polar surface area (TPSA) is 180 Å². The zero-order chi connectivity index (χ0) is 31.9. The van der Waals surface area contributed by atoms with Gasteiger partial charge in [0.25, 0.3) is 11.8 Å². The summed E-state index contributed by atoms with van der Waals surface area (Å²) in [4.78, 5) is 89.5. The molecule has 4 N–H and O–H groups in total. The highest BCUT2D eigenvalue weighted by atomic mass is 16.2. The Hall–Kier alpha value is -3.90. The maximum atomic E-state index is 14.2. The highest BCUT2D eigenvalue weighted by Crippen LogP contribution is 2.33. The molecule has 5 rings (SSSR count). The number of Topliss-reactive ketones (excluding diaryl/α,β-unsaturated/α-hetero) is 1. The smallest absolute Gasteiger partial charge is 0.289 e. The molecule has 1 aromatic rings. The number of nitrogens with one attached hydrogen (secondary N) is 4. The molecule has 4 aliphatic rings. The molecular formula is C32H45N7O6. The van der Waals surface area contributed by atoms with E-state index in [0.717, 1.165) is 64.2 Å². The molecule has 244 valence electrons. The minimum Gasteiger partial charge on any atom is -0.356 e. The van der Waals surface area contributed by atoms with E-state index >= 15 is 0 Å². The van der Waals surface area contributed by atoms with Gasteiger partial charge < -0.3 is 26.2 Å². The molecule has 1 aromatic heterocycles. The molecule has 45 heavy (non-hydrogen) atoms. The summed E-state index contributed by atoms with van der Waals surface area (Å²) in [5, 5.41) is 11.2. The normalized spacial score (nSPS) is 22.2. The highest BCUT2D eigenvalue weighted by Gasteiger charge is 2.41. The van der Waals surface area contributed by atoms with Gasteiger partial charge in [-0.1, -0.05) is 32.1 Å². The van der Waals surface area contributed by atoms with E-state index in [-0.39, 0.29) is 41.8 Å². The largest absolute Gasteiger partial charge is 0.356 e. The van der Waals surface area contributed by atoms with Crippen LogP contribution in [0.15, 0.2) is 18.6 Å². The Bertz CT molecular complexity index is 1260. The Kier molecular flexibility index (Phi) is 10.8. The second-order valence-corrected chi connectivity index (χ2v) is 13.1. The van der Waals surface area contributed by atoms with E-state index in [1.807, 2.05) is 0 Å². The van der Waals surface area contributed by atoms with Crippen LogP contribution in [0, 0.1) is 17.8 Å². The SMILES string of the molecule is CN(C(=O)[C@H](NC(=O)c1cnccn1)C1CCCC1)[C@@H](CC1CCC1)C(=O)N[C@@H](C[C@@H]1CCCNC1=O)C(=O)C(=O)NC1CC1. The van der Waals surface area contributed by atoms with Gasteiger partial charge in [-0.25, -0.2) is 4.98 Å². The summed E-state index contributed by atoms with van der Waals surface area (Å²) >= 11 is 0. The Balaban J connectivity index is 1.35. The summed E-state index contributed by atoms with van der Waals surface area (Å²) in [6, 6.07) is -3.05. The zero-order valence-electron chi connectivity index (χ0n) is 26.0. The van der Waals surface area contributed by atoms with Gasteiger partial charge in [0, 0.05) is 37.9 Å². The lowest BCUT2D eigenvalue weighted by Crippen LogP contribution is -2.59. The van der Waals surface area contributed by atoms with Gasteiger partial charge in [-0.05, 0) is 63.2 Å². The number of nitrogens with zero attached hydrogens (tertiary/aromatic N) is 3. The fraction of sp³-hybridized carbons (Fsp3) is 0.688. The lowest BCUT2D eigenvalue weighted by Gasteiger charge is -2.37. The molecule has 4 atom stereocenters. The predicted octanol–water partition coefficient (Wildman–Crippen LogP) is 1.03. The van der Waals surface area contributed by atoms with Crippen molar-refractivity contribution >= 4 is 35.3 Å². The zero-order valence-corrected chi connectivity index (χ0v) is 26.0. The van der Waals surface area contributed by atoms with Crippen LogP contribution in [0.1, 0.15) is 94.0 Å². The molecule has 13 nitrogen and oxygen atoms in total. The summed E-state index contributed by atoms with van der Waals surface area (Å²) < 4.78 is 0. The van der Waals surface area contributed by atoms with Crippen LogP contribution in [0.3, 0.4) is 0 Å². The maximum absolute atomic E-state index is 14.2. The number of carbonyl (C=O) groups excluding carboxylic acids is 6. The Labute approximate surface area is 263 Å². The van der Waals surface area contributed by atoms with Gasteiger partial charge in [-0.15, -0.1) is 0 Å². The van der Waals surface area contributed by atoms with Crippen molar-refractivity contribution in [2.45, 2.75) is 108 Å². The molecule has 1 aliphatic heterocycles. The first-order valence-electron chi connectivity index (χ1n) is 16.5. The summed E-state index contributed by atoms with van der Waals surface area (Å²) in [6.45, 7) is 0.550. The first-order valence-corrected chi connectivity index (χ1v) is 16.5. The molecule has 1 saturated heterocycles. The van der Waals surface area contributed by atoms with Crippen molar-refractivity contribution in [1.82, 2.24) is 36.1 Å². The molecular weight excluding hydrogens is 578 g/mol. The van der Waals surface area contributed by atoms with Crippen LogP contribution in [0.4, 0.5) is 0 Å². The molecule has 0 aromatic carbocycles. The Morgan fingerprint density at radius 2 is 1.69 bits per heavy atom. The average molecular weight is 624 g/mol. The van der Waals surface area contributed by atoms with Crippen LogP contribution in [0.2, 0.25) is 0 Å². The van der Waals surface area contributed by atoms with Gasteiger partial charge in [-0.3, -0.25) is 33.8 Å². The van der Waals surface area contributed by atoms with Crippen LogP contribution in [-0.4, -0.2) is 87.9 Å². The summed E-state index contributed by atoms with van der Waals surface area (Å²) in [6.07, 6.45) is 13.8. The molecule has 5 amide bonds. The number of amides is 5. The molecule has 0 spiro atoms. The van der Waals surface area contributed by atoms with Crippen molar-refractivity contribution in [1.29, 1.82) is 0 Å². The van der Waals surface area contributed by atoms with Crippen molar-refractivity contribution < 1.29 is 28.8 Å². The molecule has 0 unspecified atom stereocenters. The van der Waals surface area contributed by atoms with Crippen LogP contribution in [0.25, 0.3) is 0 Å². The lowest BCUT2D eigenvalue weighted by molar-refractivity contribution is -0.144. The fourth-order valence-corrected chi connectivity index (χ4v) is 6.65. The molecule has 0 bridgehead atoms. The van der Waals surface area contributed by atoms with E-state index in [1.54, 1.807) is 7.05 Å². The Morgan fingerprint density at radius 1 is 0.933 bits per heavy atom. The van der Waals surface area contributed by atoms with Crippen LogP contribution in [-0.2, 0) is 24.0 Å². The minimum atomic E-state index is -1.21. The number of likely N-dealkylation sites (N-methyl/N-ethyl adjacent to an activating group) is 1. The Morgan fingerprint density at radius 3 is 2.31 bits per heavy atom. The van der Waals surface area contributed by atoms with Gasteiger partial charge >= 0.3 is 0 Å². The maximum Gasteiger partial charge on any atom is 0.289 e. The monoisotopic (exact) mass is 623 g/mol. The number of ketones is 1. The third-order valence-corrected chi connectivity index (χ3v) is 9.81. The van der Waals surface area contributed by atoms with E-state index in [1.165, 1.54) is 23.5 Å². The minimum absolute atomic E-state index is 0.00116. The van der Waals surface area contributed by atoms with Crippen molar-refractivity contribution in [3.05, 3.63) is 24.3 Å². The van der Waals surface area contributed by atoms with Crippen LogP contribution in [0.5, 0.6) is 0 Å². The van der Waals surface area contributed by atoms with Gasteiger partial charge in [0.1, 0.15) is 17.8 Å². The summed E-state index contributed by atoms with van der Waals surface area (Å²) in [5.41, 5.74) is 0.0947. The number of carbonyl (C=O) groups is 6. The quantitative estimate of drug-likeness (QED) is 0.222. The van der Waals surface area contributed by atoms with Crippen molar-refractivity contribution in [3.63, 3.8) is 0 Å². The number of piperidine rings is 1. The third-order valence-electron chi connectivity index (χ3n) is 9.81. The molecule has 13 heteroatoms. The van der Waals surface area contributed by atoms with E-state index in [4.69, 9.17) is 0 Å². The number of rotatable bonds is 14. The van der Waals surface area contributed by atoms with E-state index < -0.39 is 47.5 Å². The summed E-state index contributed by atoms with van der Waals surface area (Å²) in [5.74, 6) is -3.60. The van der Waals surface area contributed by atoms with E-state index in [9.17, 15) is 28.8 Å². The fourth-order valence-electron chi connectivity index (χ4n) is 6.65. The summed E-state index contributed by atoms with van der Waals surface area (Å²) in [7, 11) is 1.56. The molecule has 3 aliphatic carbocycles. The average Bonchev–Trinajstić information content (AvgIpc) is 3.67. The standard InChI is InChI=1S/C32H45N7O6/c1-39(32(45)26(20-8-2-3-9-20)38-29(42)24-18-33-14-15-34-24)25(16-19-6-4-7-19)30(43)37-23(17-21-10-5-13-35-28(21)41)27(40)31(44)36-22-11-12-22/h14-15,18-23,25-26H,2-13,16-17H2,1H3,(H,35,41)(H,36,44)(H,37,43)(H,38,42)/t21-,23-,25-,26+/m0/s1. The molecule has 0 radical (unpaired) electrons.